The molecule has 1 aromatic rings. The van der Waals surface area contributed by atoms with Crippen LogP contribution < -0.4 is 5.32 Å². The van der Waals surface area contributed by atoms with Crippen molar-refractivity contribution in [1.29, 1.82) is 0 Å². The molecule has 20 heavy (non-hydrogen) atoms. The predicted molar refractivity (Wildman–Crippen MR) is 77.5 cm³/mol. The lowest BCUT2D eigenvalue weighted by Crippen LogP contribution is -2.26. The number of hydrogen-bond acceptors (Lipinski definition) is 5. The molecule has 0 fully saturated rings. The van der Waals surface area contributed by atoms with E-state index in [0.717, 1.165) is 11.7 Å². The molecule has 0 saturated carbocycles. The Labute approximate surface area is 123 Å². The van der Waals surface area contributed by atoms with Gasteiger partial charge in [0.15, 0.2) is 5.16 Å². The molecule has 1 amide bonds. The van der Waals surface area contributed by atoms with Crippen LogP contribution in [0.15, 0.2) is 17.6 Å². The zero-order valence-electron chi connectivity index (χ0n) is 11.9. The van der Waals surface area contributed by atoms with Gasteiger partial charge in [-0.3, -0.25) is 9.59 Å². The highest BCUT2D eigenvalue weighted by Crippen LogP contribution is 2.14. The van der Waals surface area contributed by atoms with Crippen molar-refractivity contribution < 1.29 is 14.3 Å². The second-order valence-corrected chi connectivity index (χ2v) is 4.99. The summed E-state index contributed by atoms with van der Waals surface area (Å²) >= 11 is 1.41. The molecular weight excluding hydrogens is 278 g/mol. The van der Waals surface area contributed by atoms with Gasteiger partial charge in [0.2, 0.25) is 5.91 Å². The van der Waals surface area contributed by atoms with E-state index >= 15 is 0 Å². The molecule has 112 valence electrons. The third-order valence-electron chi connectivity index (χ3n) is 2.54. The first-order valence-electron chi connectivity index (χ1n) is 6.73. The van der Waals surface area contributed by atoms with Crippen molar-refractivity contribution in [3.05, 3.63) is 12.4 Å². The smallest absolute Gasteiger partial charge is 0.305 e. The van der Waals surface area contributed by atoms with Gasteiger partial charge < -0.3 is 14.6 Å². The van der Waals surface area contributed by atoms with Gasteiger partial charge in [0, 0.05) is 31.9 Å². The van der Waals surface area contributed by atoms with Crippen LogP contribution in [0.1, 0.15) is 26.7 Å². The Morgan fingerprint density at radius 3 is 2.95 bits per heavy atom. The van der Waals surface area contributed by atoms with Gasteiger partial charge in [0.25, 0.3) is 0 Å². The standard InChI is InChI=1S/C13H21N3O3S/c1-3-16-9-8-15-13(16)20-10-11(17)14-7-5-6-12(18)19-4-2/h8-9H,3-7,10H2,1-2H3,(H,14,17). The summed E-state index contributed by atoms with van der Waals surface area (Å²) in [7, 11) is 0. The first-order chi connectivity index (χ1) is 9.67. The number of imidazole rings is 1. The Hall–Kier alpha value is -1.50. The number of nitrogens with one attached hydrogen (secondary N) is 1. The number of aromatic nitrogens is 2. The van der Waals surface area contributed by atoms with Gasteiger partial charge in [-0.05, 0) is 20.3 Å². The minimum Gasteiger partial charge on any atom is -0.466 e. The van der Waals surface area contributed by atoms with Gasteiger partial charge >= 0.3 is 5.97 Å². The lowest BCUT2D eigenvalue weighted by Gasteiger charge is -2.06. The molecule has 0 bridgehead atoms. The lowest BCUT2D eigenvalue weighted by molar-refractivity contribution is -0.143. The van der Waals surface area contributed by atoms with Crippen LogP contribution in [0.25, 0.3) is 0 Å². The lowest BCUT2D eigenvalue weighted by atomic mass is 10.3. The van der Waals surface area contributed by atoms with Crippen LogP contribution in [0.4, 0.5) is 0 Å². The van der Waals surface area contributed by atoms with Crippen LogP contribution in [0.5, 0.6) is 0 Å². The molecule has 6 nitrogen and oxygen atoms in total. The van der Waals surface area contributed by atoms with Crippen LogP contribution >= 0.6 is 11.8 Å². The van der Waals surface area contributed by atoms with Gasteiger partial charge in [-0.25, -0.2) is 4.98 Å². The third-order valence-corrected chi connectivity index (χ3v) is 3.54. The van der Waals surface area contributed by atoms with E-state index < -0.39 is 0 Å². The van der Waals surface area contributed by atoms with Crippen molar-refractivity contribution in [3.8, 4) is 0 Å². The summed E-state index contributed by atoms with van der Waals surface area (Å²) in [5.41, 5.74) is 0. The van der Waals surface area contributed by atoms with Crippen LogP contribution in [0.3, 0.4) is 0 Å². The zero-order chi connectivity index (χ0) is 14.8. The number of esters is 1. The first kappa shape index (κ1) is 16.6. The number of rotatable bonds is 9. The highest BCUT2D eigenvalue weighted by Gasteiger charge is 2.07. The zero-order valence-corrected chi connectivity index (χ0v) is 12.7. The summed E-state index contributed by atoms with van der Waals surface area (Å²) in [4.78, 5) is 26.9. The van der Waals surface area contributed by atoms with Crippen LogP contribution in [-0.4, -0.2) is 40.3 Å². The monoisotopic (exact) mass is 299 g/mol. The number of hydrogen-bond donors (Lipinski definition) is 1. The minimum atomic E-state index is -0.221. The molecule has 0 radical (unpaired) electrons. The molecule has 1 heterocycles. The topological polar surface area (TPSA) is 73.2 Å². The molecule has 0 spiro atoms. The Morgan fingerprint density at radius 2 is 2.25 bits per heavy atom. The van der Waals surface area contributed by atoms with E-state index in [1.165, 1.54) is 11.8 Å². The van der Waals surface area contributed by atoms with Gasteiger partial charge in [-0.2, -0.15) is 0 Å². The summed E-state index contributed by atoms with van der Waals surface area (Å²) in [6, 6.07) is 0. The summed E-state index contributed by atoms with van der Waals surface area (Å²) < 4.78 is 6.79. The number of amides is 1. The summed E-state index contributed by atoms with van der Waals surface area (Å²) in [5, 5.41) is 3.62. The van der Waals surface area contributed by atoms with E-state index in [-0.39, 0.29) is 11.9 Å². The number of thioether (sulfide) groups is 1. The maximum atomic E-state index is 11.6. The number of carbonyl (C=O) groups is 2. The number of aryl methyl sites for hydroxylation is 1. The molecule has 1 rings (SSSR count). The minimum absolute atomic E-state index is 0.0514. The number of carbonyl (C=O) groups excluding carboxylic acids is 2. The maximum absolute atomic E-state index is 11.6. The first-order valence-corrected chi connectivity index (χ1v) is 7.72. The summed E-state index contributed by atoms with van der Waals surface area (Å²) in [5.74, 6) is 0.0572. The van der Waals surface area contributed by atoms with Crippen molar-refractivity contribution in [2.24, 2.45) is 0 Å². The molecule has 0 aliphatic heterocycles. The van der Waals surface area contributed by atoms with Gasteiger partial charge in [-0.1, -0.05) is 11.8 Å². The average molecular weight is 299 g/mol. The van der Waals surface area contributed by atoms with Crippen LogP contribution in [0.2, 0.25) is 0 Å². The predicted octanol–water partition coefficient (Wildman–Crippen LogP) is 1.45. The van der Waals surface area contributed by atoms with Crippen molar-refractivity contribution >= 4 is 23.6 Å². The normalized spacial score (nSPS) is 10.3. The largest absolute Gasteiger partial charge is 0.466 e. The second kappa shape index (κ2) is 9.41. The molecule has 0 atom stereocenters. The number of nitrogens with zero attached hydrogens (tertiary/aromatic N) is 2. The van der Waals surface area contributed by atoms with Crippen molar-refractivity contribution in [2.75, 3.05) is 18.9 Å². The highest BCUT2D eigenvalue weighted by atomic mass is 32.2. The van der Waals surface area contributed by atoms with Gasteiger partial charge in [-0.15, -0.1) is 0 Å². The Morgan fingerprint density at radius 1 is 1.45 bits per heavy atom. The van der Waals surface area contributed by atoms with Crippen molar-refractivity contribution in [3.63, 3.8) is 0 Å². The molecular formula is C13H21N3O3S. The molecule has 0 unspecified atom stereocenters. The molecule has 0 aliphatic rings. The Balaban J connectivity index is 2.13. The molecule has 0 aliphatic carbocycles. The molecule has 7 heteroatoms. The Bertz CT molecular complexity index is 434. The van der Waals surface area contributed by atoms with E-state index in [9.17, 15) is 9.59 Å². The maximum Gasteiger partial charge on any atom is 0.305 e. The quantitative estimate of drug-likeness (QED) is 0.424. The van der Waals surface area contributed by atoms with Crippen LogP contribution in [0, 0.1) is 0 Å². The molecule has 1 N–H and O–H groups in total. The fourth-order valence-electron chi connectivity index (χ4n) is 1.55. The summed E-state index contributed by atoms with van der Waals surface area (Å²) in [6.45, 7) is 5.52. The third kappa shape index (κ3) is 6.10. The highest BCUT2D eigenvalue weighted by molar-refractivity contribution is 7.99. The fourth-order valence-corrected chi connectivity index (χ4v) is 2.40. The van der Waals surface area contributed by atoms with E-state index in [2.05, 4.69) is 10.3 Å². The van der Waals surface area contributed by atoms with Crippen molar-refractivity contribution in [1.82, 2.24) is 14.9 Å². The molecule has 0 saturated heterocycles. The summed E-state index contributed by atoms with van der Waals surface area (Å²) in [6.07, 6.45) is 4.54. The SMILES string of the molecule is CCOC(=O)CCCNC(=O)CSc1nccn1CC. The van der Waals surface area contributed by atoms with Crippen molar-refractivity contribution in [2.45, 2.75) is 38.4 Å². The van der Waals surface area contributed by atoms with Gasteiger partial charge in [0.05, 0.1) is 12.4 Å². The van der Waals surface area contributed by atoms with E-state index in [4.69, 9.17) is 4.74 Å². The van der Waals surface area contributed by atoms with E-state index in [1.54, 1.807) is 13.1 Å². The second-order valence-electron chi connectivity index (χ2n) is 4.04. The van der Waals surface area contributed by atoms with Crippen LogP contribution in [-0.2, 0) is 20.9 Å². The van der Waals surface area contributed by atoms with E-state index in [0.29, 0.717) is 31.7 Å². The fraction of sp³-hybridized carbons (Fsp3) is 0.615. The number of ether oxygens (including phenoxy) is 1. The van der Waals surface area contributed by atoms with Gasteiger partial charge in [0.1, 0.15) is 0 Å². The Kier molecular flexibility index (Phi) is 7.79. The molecule has 1 aromatic heterocycles. The molecule has 0 aromatic carbocycles. The average Bonchev–Trinajstić information content (AvgIpc) is 2.89. The van der Waals surface area contributed by atoms with E-state index in [1.807, 2.05) is 17.7 Å².